The van der Waals surface area contributed by atoms with Gasteiger partial charge in [0, 0.05) is 31.7 Å². The lowest BCUT2D eigenvalue weighted by Crippen LogP contribution is -2.32. The number of anilines is 1. The van der Waals surface area contributed by atoms with Crippen LogP contribution in [0.15, 0.2) is 30.3 Å². The average molecular weight is 384 g/mol. The summed E-state index contributed by atoms with van der Waals surface area (Å²) in [5, 5.41) is 5.05. The Bertz CT molecular complexity index is 832. The van der Waals surface area contributed by atoms with E-state index in [9.17, 15) is 0 Å². The normalized spacial score (nSPS) is 23.9. The second-order valence-electron chi connectivity index (χ2n) is 8.25. The molecule has 3 aliphatic rings. The van der Waals surface area contributed by atoms with Crippen molar-refractivity contribution in [3.05, 3.63) is 40.7 Å². The van der Waals surface area contributed by atoms with Crippen LogP contribution in [0.5, 0.6) is 0 Å². The molecule has 2 saturated heterocycles. The van der Waals surface area contributed by atoms with Crippen LogP contribution in [0.3, 0.4) is 0 Å². The molecule has 1 unspecified atom stereocenters. The number of rotatable bonds is 5. The number of aromatic nitrogens is 3. The third-order valence-electron chi connectivity index (χ3n) is 6.27. The molecule has 0 spiro atoms. The van der Waals surface area contributed by atoms with E-state index in [1.807, 2.05) is 0 Å². The maximum absolute atomic E-state index is 5.90. The standard InChI is InChI=1S/C21H29N5S/c27-21-25(16-24-15-7-10-19(24)17-8-3-1-4-9-17)22-20(26(21)18-11-12-18)23-13-5-2-6-14-23/h1,3-4,8-9,18-19H,2,5-7,10-16H2. The van der Waals surface area contributed by atoms with Gasteiger partial charge in [-0.2, -0.15) is 0 Å². The molecule has 6 heteroatoms. The van der Waals surface area contributed by atoms with Crippen molar-refractivity contribution >= 4 is 18.2 Å². The summed E-state index contributed by atoms with van der Waals surface area (Å²) >= 11 is 5.90. The molecule has 5 nitrogen and oxygen atoms in total. The van der Waals surface area contributed by atoms with E-state index in [0.29, 0.717) is 12.1 Å². The van der Waals surface area contributed by atoms with Crippen molar-refractivity contribution in [2.24, 2.45) is 0 Å². The summed E-state index contributed by atoms with van der Waals surface area (Å²) in [5.74, 6) is 1.12. The summed E-state index contributed by atoms with van der Waals surface area (Å²) in [6.07, 6.45) is 8.84. The Kier molecular flexibility index (Phi) is 4.78. The number of hydrogen-bond acceptors (Lipinski definition) is 4. The summed E-state index contributed by atoms with van der Waals surface area (Å²) in [5.41, 5.74) is 1.42. The second-order valence-corrected chi connectivity index (χ2v) is 8.62. The predicted octanol–water partition coefficient (Wildman–Crippen LogP) is 4.53. The first kappa shape index (κ1) is 17.4. The molecule has 0 amide bonds. The van der Waals surface area contributed by atoms with Gasteiger partial charge >= 0.3 is 0 Å². The van der Waals surface area contributed by atoms with Crippen molar-refractivity contribution in [3.8, 4) is 0 Å². The van der Waals surface area contributed by atoms with Gasteiger partial charge in [0.2, 0.25) is 10.7 Å². The monoisotopic (exact) mass is 383 g/mol. The molecule has 27 heavy (non-hydrogen) atoms. The SMILES string of the molecule is S=c1n(CN2CCCC2c2ccccc2)nc(N2CCCCC2)n1C1CC1. The summed E-state index contributed by atoms with van der Waals surface area (Å²) in [6, 6.07) is 12.0. The molecule has 144 valence electrons. The van der Waals surface area contributed by atoms with Gasteiger partial charge in [-0.25, -0.2) is 4.68 Å². The zero-order valence-corrected chi connectivity index (χ0v) is 16.8. The van der Waals surface area contributed by atoms with Crippen LogP contribution in [0.4, 0.5) is 5.95 Å². The Morgan fingerprint density at radius 1 is 0.926 bits per heavy atom. The van der Waals surface area contributed by atoms with Crippen LogP contribution in [-0.2, 0) is 6.67 Å². The highest BCUT2D eigenvalue weighted by Crippen LogP contribution is 2.39. The molecule has 2 aliphatic heterocycles. The van der Waals surface area contributed by atoms with Crippen molar-refractivity contribution in [2.75, 3.05) is 24.5 Å². The van der Waals surface area contributed by atoms with Gasteiger partial charge in [-0.15, -0.1) is 5.10 Å². The minimum Gasteiger partial charge on any atom is -0.341 e. The average Bonchev–Trinajstić information content (AvgIpc) is 3.36. The highest BCUT2D eigenvalue weighted by atomic mass is 32.1. The van der Waals surface area contributed by atoms with Crippen LogP contribution in [-0.4, -0.2) is 38.9 Å². The molecule has 5 rings (SSSR count). The fraction of sp³-hybridized carbons (Fsp3) is 0.619. The molecule has 1 aromatic heterocycles. The van der Waals surface area contributed by atoms with Gasteiger partial charge in [-0.05, 0) is 62.7 Å². The van der Waals surface area contributed by atoms with E-state index in [0.717, 1.165) is 37.0 Å². The molecule has 2 aromatic rings. The van der Waals surface area contributed by atoms with E-state index in [2.05, 4.69) is 49.4 Å². The molecule has 0 N–H and O–H groups in total. The van der Waals surface area contributed by atoms with Crippen LogP contribution >= 0.6 is 12.2 Å². The number of hydrogen-bond donors (Lipinski definition) is 0. The van der Waals surface area contributed by atoms with Gasteiger partial charge in [0.15, 0.2) is 0 Å². The Hall–Kier alpha value is -1.66. The Balaban J connectivity index is 1.42. The van der Waals surface area contributed by atoms with Crippen molar-refractivity contribution in [1.82, 2.24) is 19.2 Å². The first-order valence-electron chi connectivity index (χ1n) is 10.5. The third-order valence-corrected chi connectivity index (χ3v) is 6.67. The maximum atomic E-state index is 5.90. The third kappa shape index (κ3) is 3.45. The molecule has 0 bridgehead atoms. The number of nitrogens with zero attached hydrogens (tertiary/aromatic N) is 5. The number of piperidine rings is 1. The molecule has 3 fully saturated rings. The van der Waals surface area contributed by atoms with E-state index < -0.39 is 0 Å². The lowest BCUT2D eigenvalue weighted by Gasteiger charge is -2.27. The molecule has 1 aliphatic carbocycles. The number of likely N-dealkylation sites (tertiary alicyclic amines) is 1. The molecule has 0 radical (unpaired) electrons. The maximum Gasteiger partial charge on any atom is 0.226 e. The lowest BCUT2D eigenvalue weighted by atomic mass is 10.1. The zero-order valence-electron chi connectivity index (χ0n) is 16.0. The van der Waals surface area contributed by atoms with Crippen molar-refractivity contribution in [2.45, 2.75) is 63.7 Å². The van der Waals surface area contributed by atoms with Gasteiger partial charge in [0.1, 0.15) is 0 Å². The lowest BCUT2D eigenvalue weighted by molar-refractivity contribution is 0.189. The fourth-order valence-electron chi connectivity index (χ4n) is 4.68. The van der Waals surface area contributed by atoms with Crippen molar-refractivity contribution in [3.63, 3.8) is 0 Å². The Labute approximate surface area is 166 Å². The van der Waals surface area contributed by atoms with Gasteiger partial charge in [0.05, 0.1) is 6.67 Å². The summed E-state index contributed by atoms with van der Waals surface area (Å²) < 4.78 is 5.37. The molecule has 3 heterocycles. The Morgan fingerprint density at radius 2 is 1.70 bits per heavy atom. The van der Waals surface area contributed by atoms with Gasteiger partial charge < -0.3 is 4.90 Å². The van der Waals surface area contributed by atoms with E-state index in [1.165, 1.54) is 50.5 Å². The van der Waals surface area contributed by atoms with Crippen molar-refractivity contribution < 1.29 is 0 Å². The molecule has 1 atom stereocenters. The molecular formula is C21H29N5S. The largest absolute Gasteiger partial charge is 0.341 e. The quantitative estimate of drug-likeness (QED) is 0.709. The van der Waals surface area contributed by atoms with Gasteiger partial charge in [-0.1, -0.05) is 30.3 Å². The van der Waals surface area contributed by atoms with E-state index >= 15 is 0 Å². The van der Waals surface area contributed by atoms with Crippen LogP contribution in [0.25, 0.3) is 0 Å². The summed E-state index contributed by atoms with van der Waals surface area (Å²) in [7, 11) is 0. The Morgan fingerprint density at radius 3 is 2.44 bits per heavy atom. The smallest absolute Gasteiger partial charge is 0.226 e. The summed E-state index contributed by atoms with van der Waals surface area (Å²) in [4.78, 5) is 5.02. The van der Waals surface area contributed by atoms with E-state index in [1.54, 1.807) is 0 Å². The first-order chi connectivity index (χ1) is 13.3. The van der Waals surface area contributed by atoms with E-state index in [-0.39, 0.29) is 0 Å². The molecule has 1 saturated carbocycles. The van der Waals surface area contributed by atoms with Crippen LogP contribution in [0.1, 0.15) is 62.6 Å². The minimum atomic E-state index is 0.484. The highest BCUT2D eigenvalue weighted by Gasteiger charge is 2.32. The molecular weight excluding hydrogens is 354 g/mol. The van der Waals surface area contributed by atoms with Crippen LogP contribution in [0, 0.1) is 4.77 Å². The highest BCUT2D eigenvalue weighted by molar-refractivity contribution is 7.71. The fourth-order valence-corrected chi connectivity index (χ4v) is 5.01. The number of benzene rings is 1. The van der Waals surface area contributed by atoms with Crippen LogP contribution < -0.4 is 4.90 Å². The first-order valence-corrected chi connectivity index (χ1v) is 11.0. The van der Waals surface area contributed by atoms with Gasteiger partial charge in [0.25, 0.3) is 0 Å². The zero-order chi connectivity index (χ0) is 18.2. The predicted molar refractivity (Wildman–Crippen MR) is 111 cm³/mol. The van der Waals surface area contributed by atoms with Gasteiger partial charge in [-0.3, -0.25) is 9.47 Å². The van der Waals surface area contributed by atoms with E-state index in [4.69, 9.17) is 17.3 Å². The molecule has 1 aromatic carbocycles. The second kappa shape index (κ2) is 7.40. The van der Waals surface area contributed by atoms with Crippen LogP contribution in [0.2, 0.25) is 0 Å². The van der Waals surface area contributed by atoms with Crippen molar-refractivity contribution in [1.29, 1.82) is 0 Å². The summed E-state index contributed by atoms with van der Waals surface area (Å²) in [6.45, 7) is 4.17. The topological polar surface area (TPSA) is 29.2 Å². The minimum absolute atomic E-state index is 0.484.